The molecule has 33 heavy (non-hydrogen) atoms. The molecule has 2 aliphatic rings. The van der Waals surface area contributed by atoms with Gasteiger partial charge in [0.15, 0.2) is 0 Å². The van der Waals surface area contributed by atoms with Crippen molar-refractivity contribution in [3.8, 4) is 11.8 Å². The molecule has 2 aliphatic carbocycles. The molecular formula is C28H34N2O3. The number of nitriles is 1. The van der Waals surface area contributed by atoms with Gasteiger partial charge in [-0.15, -0.1) is 0 Å². The normalized spacial score (nSPS) is 23.5. The van der Waals surface area contributed by atoms with Crippen molar-refractivity contribution in [1.29, 1.82) is 5.26 Å². The molecule has 0 heterocycles. The minimum Gasteiger partial charge on any atom is -0.493 e. The maximum Gasteiger partial charge on any atom is 0.229 e. The molecule has 2 N–H and O–H groups in total. The van der Waals surface area contributed by atoms with Crippen molar-refractivity contribution in [2.75, 3.05) is 6.61 Å². The van der Waals surface area contributed by atoms with Crippen LogP contribution in [0.25, 0.3) is 0 Å². The Morgan fingerprint density at radius 2 is 1.82 bits per heavy atom. The standard InChI is InChI=1S/C28H34N2O3/c1-27(2,32)25(30-26(31)24(14-17-29)21-6-4-3-5-7-21)22-8-10-23(11-9-22)33-19-28-15-12-20(18-28)13-16-28/h3-11,20,24-25,32H,12-16,18-19H2,1-2H3,(H,30,31). The van der Waals surface area contributed by atoms with Gasteiger partial charge in [0.25, 0.3) is 0 Å². The number of rotatable bonds is 9. The van der Waals surface area contributed by atoms with Crippen molar-refractivity contribution in [2.24, 2.45) is 11.3 Å². The molecule has 2 atom stereocenters. The number of amides is 1. The van der Waals surface area contributed by atoms with Crippen molar-refractivity contribution in [2.45, 2.75) is 69.9 Å². The Bertz CT molecular complexity index is 981. The van der Waals surface area contributed by atoms with E-state index in [2.05, 4.69) is 11.4 Å². The average Bonchev–Trinajstić information content (AvgIpc) is 3.41. The molecule has 2 bridgehead atoms. The van der Waals surface area contributed by atoms with E-state index in [1.807, 2.05) is 54.6 Å². The molecule has 0 radical (unpaired) electrons. The Balaban J connectivity index is 1.45. The molecule has 2 aromatic carbocycles. The first kappa shape index (κ1) is 23.3. The molecule has 174 valence electrons. The maximum absolute atomic E-state index is 13.2. The molecule has 2 saturated carbocycles. The van der Waals surface area contributed by atoms with Gasteiger partial charge in [-0.25, -0.2) is 0 Å². The third-order valence-electron chi connectivity index (χ3n) is 7.45. The Morgan fingerprint density at radius 1 is 1.15 bits per heavy atom. The van der Waals surface area contributed by atoms with Crippen molar-refractivity contribution >= 4 is 5.91 Å². The highest BCUT2D eigenvalue weighted by atomic mass is 16.5. The van der Waals surface area contributed by atoms with Crippen LogP contribution in [0.3, 0.4) is 0 Å². The quantitative estimate of drug-likeness (QED) is 0.550. The molecule has 2 fully saturated rings. The third kappa shape index (κ3) is 5.39. The number of fused-ring (bicyclic) bond motifs is 2. The zero-order chi connectivity index (χ0) is 23.5. The summed E-state index contributed by atoms with van der Waals surface area (Å²) in [6.07, 6.45) is 6.59. The van der Waals surface area contributed by atoms with Gasteiger partial charge in [-0.3, -0.25) is 4.79 Å². The molecule has 1 amide bonds. The van der Waals surface area contributed by atoms with Gasteiger partial charge in [-0.05, 0) is 75.1 Å². The highest BCUT2D eigenvalue weighted by Gasteiger charge is 2.45. The van der Waals surface area contributed by atoms with E-state index in [1.54, 1.807) is 13.8 Å². The third-order valence-corrected chi connectivity index (χ3v) is 7.45. The van der Waals surface area contributed by atoms with Crippen molar-refractivity contribution in [1.82, 2.24) is 5.32 Å². The number of aliphatic hydroxyl groups is 1. The van der Waals surface area contributed by atoms with Crippen LogP contribution in [0.15, 0.2) is 54.6 Å². The number of nitrogens with one attached hydrogen (secondary N) is 1. The van der Waals surface area contributed by atoms with Crippen LogP contribution in [-0.4, -0.2) is 23.2 Å². The van der Waals surface area contributed by atoms with Gasteiger partial charge < -0.3 is 15.2 Å². The Labute approximate surface area is 196 Å². The number of benzene rings is 2. The van der Waals surface area contributed by atoms with Gasteiger partial charge in [0.1, 0.15) is 5.75 Å². The first-order valence-corrected chi connectivity index (χ1v) is 12.0. The van der Waals surface area contributed by atoms with E-state index < -0.39 is 17.6 Å². The zero-order valence-corrected chi connectivity index (χ0v) is 19.6. The second kappa shape index (κ2) is 9.57. The minimum atomic E-state index is -1.19. The van der Waals surface area contributed by atoms with Crippen LogP contribution < -0.4 is 10.1 Å². The molecule has 0 aliphatic heterocycles. The molecule has 2 unspecified atom stereocenters. The molecule has 0 aromatic heterocycles. The van der Waals surface area contributed by atoms with E-state index in [9.17, 15) is 15.2 Å². The van der Waals surface area contributed by atoms with Crippen molar-refractivity contribution in [3.05, 3.63) is 65.7 Å². The lowest BCUT2D eigenvalue weighted by Crippen LogP contribution is -2.43. The largest absolute Gasteiger partial charge is 0.493 e. The van der Waals surface area contributed by atoms with E-state index in [0.717, 1.165) is 29.4 Å². The SMILES string of the molecule is CC(C)(O)C(NC(=O)C(CC#N)c1ccccc1)c1ccc(OCC23CCC(CC2)C3)cc1. The zero-order valence-electron chi connectivity index (χ0n) is 19.6. The summed E-state index contributed by atoms with van der Waals surface area (Å²) in [7, 11) is 0. The van der Waals surface area contributed by atoms with Crippen LogP contribution in [0, 0.1) is 22.7 Å². The molecule has 2 aromatic rings. The first-order valence-electron chi connectivity index (χ1n) is 12.0. The summed E-state index contributed by atoms with van der Waals surface area (Å²) in [5.41, 5.74) is 0.760. The number of carbonyl (C=O) groups excluding carboxylic acids is 1. The van der Waals surface area contributed by atoms with Gasteiger partial charge in [-0.2, -0.15) is 5.26 Å². The molecule has 5 heteroatoms. The fourth-order valence-corrected chi connectivity index (χ4v) is 5.56. The smallest absolute Gasteiger partial charge is 0.229 e. The highest BCUT2D eigenvalue weighted by molar-refractivity contribution is 5.84. The average molecular weight is 447 g/mol. The van der Waals surface area contributed by atoms with Gasteiger partial charge >= 0.3 is 0 Å². The highest BCUT2D eigenvalue weighted by Crippen LogP contribution is 2.54. The molecule has 0 spiro atoms. The Hall–Kier alpha value is -2.84. The lowest BCUT2D eigenvalue weighted by Gasteiger charge is -2.32. The number of nitrogens with zero attached hydrogens (tertiary/aromatic N) is 1. The minimum absolute atomic E-state index is 0.0732. The van der Waals surface area contributed by atoms with Gasteiger partial charge in [-0.1, -0.05) is 42.5 Å². The summed E-state index contributed by atoms with van der Waals surface area (Å²) < 4.78 is 6.15. The van der Waals surface area contributed by atoms with E-state index in [0.29, 0.717) is 5.41 Å². The lowest BCUT2D eigenvalue weighted by molar-refractivity contribution is -0.125. The summed E-state index contributed by atoms with van der Waals surface area (Å²) in [5, 5.41) is 23.1. The molecule has 4 rings (SSSR count). The fourth-order valence-electron chi connectivity index (χ4n) is 5.56. The predicted molar refractivity (Wildman–Crippen MR) is 128 cm³/mol. The second-order valence-corrected chi connectivity index (χ2v) is 10.4. The summed E-state index contributed by atoms with van der Waals surface area (Å²) in [6, 6.07) is 18.4. The number of carbonyl (C=O) groups is 1. The topological polar surface area (TPSA) is 82.4 Å². The van der Waals surface area contributed by atoms with Crippen LogP contribution in [0.5, 0.6) is 5.75 Å². The lowest BCUT2D eigenvalue weighted by atomic mass is 9.85. The summed E-state index contributed by atoms with van der Waals surface area (Å²) >= 11 is 0. The summed E-state index contributed by atoms with van der Waals surface area (Å²) in [4.78, 5) is 13.2. The van der Waals surface area contributed by atoms with Gasteiger partial charge in [0.05, 0.1) is 36.7 Å². The molecule has 0 saturated heterocycles. The van der Waals surface area contributed by atoms with Gasteiger partial charge in [0, 0.05) is 5.41 Å². The van der Waals surface area contributed by atoms with Crippen LogP contribution in [0.4, 0.5) is 0 Å². The van der Waals surface area contributed by atoms with Crippen molar-refractivity contribution in [3.63, 3.8) is 0 Å². The van der Waals surface area contributed by atoms with Crippen LogP contribution in [-0.2, 0) is 4.79 Å². The predicted octanol–water partition coefficient (Wildman–Crippen LogP) is 5.27. The Morgan fingerprint density at radius 3 is 2.36 bits per heavy atom. The van der Waals surface area contributed by atoms with Crippen LogP contribution >= 0.6 is 0 Å². The second-order valence-electron chi connectivity index (χ2n) is 10.4. The van der Waals surface area contributed by atoms with Crippen LogP contribution in [0.1, 0.15) is 75.5 Å². The van der Waals surface area contributed by atoms with E-state index in [-0.39, 0.29) is 12.3 Å². The van der Waals surface area contributed by atoms with Crippen molar-refractivity contribution < 1.29 is 14.6 Å². The fraction of sp³-hybridized carbons (Fsp3) is 0.500. The number of hydrogen-bond donors (Lipinski definition) is 2. The monoisotopic (exact) mass is 446 g/mol. The van der Waals surface area contributed by atoms with E-state index >= 15 is 0 Å². The summed E-state index contributed by atoms with van der Waals surface area (Å²) in [5.74, 6) is 0.847. The maximum atomic E-state index is 13.2. The Kier molecular flexibility index (Phi) is 6.76. The molecular weight excluding hydrogens is 412 g/mol. The molecule has 5 nitrogen and oxygen atoms in total. The number of hydrogen-bond acceptors (Lipinski definition) is 4. The number of ether oxygens (including phenoxy) is 1. The van der Waals surface area contributed by atoms with Gasteiger partial charge in [0.2, 0.25) is 5.91 Å². The van der Waals surface area contributed by atoms with Crippen LogP contribution in [0.2, 0.25) is 0 Å². The van der Waals surface area contributed by atoms with E-state index in [4.69, 9.17) is 4.74 Å². The first-order chi connectivity index (χ1) is 15.8. The van der Waals surface area contributed by atoms with E-state index in [1.165, 1.54) is 32.1 Å². The summed E-state index contributed by atoms with van der Waals surface area (Å²) in [6.45, 7) is 4.13.